The zero-order valence-electron chi connectivity index (χ0n) is 4.37. The molecule has 1 unspecified atom stereocenters. The molecule has 0 aliphatic rings. The van der Waals surface area contributed by atoms with Crippen molar-refractivity contribution < 1.29 is 13.2 Å². The first kappa shape index (κ1) is 6.69. The van der Waals surface area contributed by atoms with E-state index in [1.54, 1.807) is 0 Å². The molecule has 9 heavy (non-hydrogen) atoms. The van der Waals surface area contributed by atoms with Gasteiger partial charge in [0.25, 0.3) is 0 Å². The molecule has 0 aliphatic heterocycles. The molecule has 0 nitrogen and oxygen atoms in total. The van der Waals surface area contributed by atoms with Crippen molar-refractivity contribution in [3.63, 3.8) is 0 Å². The van der Waals surface area contributed by atoms with Crippen LogP contribution >= 0.6 is 8.19 Å². The maximum Gasteiger partial charge on any atom is 0.416 e. The molecule has 0 N–H and O–H groups in total. The Balaban J connectivity index is 2.90. The lowest BCUT2D eigenvalue weighted by Crippen LogP contribution is -2.01. The normalized spacial score (nSPS) is 12.8. The number of rotatable bonds is 0. The van der Waals surface area contributed by atoms with E-state index in [1.807, 2.05) is 0 Å². The summed E-state index contributed by atoms with van der Waals surface area (Å²) in [6.07, 6.45) is -4.14. The highest BCUT2D eigenvalue weighted by Gasteiger charge is 2.29. The van der Waals surface area contributed by atoms with Crippen LogP contribution in [0.2, 0.25) is 0 Å². The van der Waals surface area contributed by atoms with Gasteiger partial charge in [0.05, 0.1) is 5.56 Å². The third-order valence-corrected chi connectivity index (χ3v) is 1.76. The van der Waals surface area contributed by atoms with Crippen LogP contribution in [0.3, 0.4) is 0 Å². The Morgan fingerprint density at radius 1 is 1.33 bits per heavy atom. The lowest BCUT2D eigenvalue weighted by Gasteiger charge is -2.00. The highest BCUT2D eigenvalue weighted by atomic mass is 31.0. The van der Waals surface area contributed by atoms with E-state index in [1.165, 1.54) is 11.6 Å². The summed E-state index contributed by atoms with van der Waals surface area (Å²) in [5.74, 6) is 2.71. The van der Waals surface area contributed by atoms with E-state index < -0.39 is 11.7 Å². The summed E-state index contributed by atoms with van der Waals surface area (Å²) in [4.78, 5) is 0. The van der Waals surface area contributed by atoms with E-state index in [-0.39, 0.29) is 8.19 Å². The summed E-state index contributed by atoms with van der Waals surface area (Å²) in [5.41, 5.74) is -0.513. The topological polar surface area (TPSA) is 0 Å². The van der Waals surface area contributed by atoms with Gasteiger partial charge in [0.1, 0.15) is 0 Å². The molecule has 50 valence electrons. The minimum Gasteiger partial charge on any atom is -0.166 e. The number of alkyl halides is 3. The molecule has 0 amide bonds. The van der Waals surface area contributed by atoms with Gasteiger partial charge < -0.3 is 0 Å². The molecule has 1 rings (SSSR count). The molecule has 0 saturated heterocycles. The van der Waals surface area contributed by atoms with Crippen molar-refractivity contribution in [1.29, 1.82) is 0 Å². The van der Waals surface area contributed by atoms with Gasteiger partial charge in [0, 0.05) is 0 Å². The standard InChI is InChI=1S/C5H4F3P/c6-5(7,8)4-1-2-9-3-4/h1-3,9H. The van der Waals surface area contributed by atoms with Crippen LogP contribution in [0.4, 0.5) is 13.2 Å². The van der Waals surface area contributed by atoms with Gasteiger partial charge in [-0.1, -0.05) is 0 Å². The fraction of sp³-hybridized carbons (Fsp3) is 0.200. The minimum atomic E-state index is -4.14. The fourth-order valence-electron chi connectivity index (χ4n) is 0.500. The van der Waals surface area contributed by atoms with Crippen molar-refractivity contribution in [1.82, 2.24) is 0 Å². The van der Waals surface area contributed by atoms with Crippen molar-refractivity contribution in [3.05, 3.63) is 23.2 Å². The summed E-state index contributed by atoms with van der Waals surface area (Å²) in [7, 11) is 0.200. The largest absolute Gasteiger partial charge is 0.416 e. The summed E-state index contributed by atoms with van der Waals surface area (Å²) < 4.78 is 34.9. The molecule has 1 atom stereocenters. The lowest BCUT2D eigenvalue weighted by molar-refractivity contribution is -0.137. The molecular formula is C5H4F3P. The van der Waals surface area contributed by atoms with Crippen LogP contribution in [0.25, 0.3) is 0 Å². The quantitative estimate of drug-likeness (QED) is 0.536. The Kier molecular flexibility index (Phi) is 1.54. The average Bonchev–Trinajstić information content (AvgIpc) is 2.08. The highest BCUT2D eigenvalue weighted by molar-refractivity contribution is 7.28. The first-order valence-corrected chi connectivity index (χ1v) is 3.46. The van der Waals surface area contributed by atoms with Gasteiger partial charge in [-0.2, -0.15) is 13.2 Å². The van der Waals surface area contributed by atoms with E-state index in [4.69, 9.17) is 0 Å². The van der Waals surface area contributed by atoms with Gasteiger partial charge in [0.15, 0.2) is 0 Å². The average molecular weight is 152 g/mol. The first-order valence-electron chi connectivity index (χ1n) is 2.30. The second-order valence-electron chi connectivity index (χ2n) is 1.60. The Morgan fingerprint density at radius 3 is 2.22 bits per heavy atom. The molecule has 0 spiro atoms. The molecule has 0 fully saturated rings. The molecule has 0 aliphatic carbocycles. The van der Waals surface area contributed by atoms with E-state index in [0.29, 0.717) is 0 Å². The van der Waals surface area contributed by atoms with E-state index in [0.717, 1.165) is 6.07 Å². The predicted octanol–water partition coefficient (Wildman–Crippen LogP) is 2.74. The minimum absolute atomic E-state index is 0.200. The molecule has 0 aromatic carbocycles. The Bertz CT molecular complexity index is 175. The molecule has 4 heteroatoms. The molecule has 1 heterocycles. The van der Waals surface area contributed by atoms with Gasteiger partial charge in [-0.25, -0.2) is 0 Å². The number of hydrogen-bond acceptors (Lipinski definition) is 0. The van der Waals surface area contributed by atoms with Gasteiger partial charge in [-0.3, -0.25) is 0 Å². The number of halogens is 3. The Hall–Kier alpha value is -0.430. The molecule has 0 bridgehead atoms. The Morgan fingerprint density at radius 2 is 2.00 bits per heavy atom. The van der Waals surface area contributed by atoms with Crippen molar-refractivity contribution in [3.8, 4) is 0 Å². The fourth-order valence-corrected chi connectivity index (χ4v) is 1.31. The highest BCUT2D eigenvalue weighted by Crippen LogP contribution is 2.31. The Labute approximate surface area is 51.8 Å². The van der Waals surface area contributed by atoms with Crippen molar-refractivity contribution >= 4 is 8.19 Å². The third kappa shape index (κ3) is 1.49. The van der Waals surface area contributed by atoms with Crippen LogP contribution < -0.4 is 0 Å². The van der Waals surface area contributed by atoms with Crippen LogP contribution in [0, 0.1) is 0 Å². The smallest absolute Gasteiger partial charge is 0.166 e. The zero-order chi connectivity index (χ0) is 6.91. The molecule has 0 saturated carbocycles. The van der Waals surface area contributed by atoms with Gasteiger partial charge >= 0.3 is 6.18 Å². The zero-order valence-corrected chi connectivity index (χ0v) is 5.37. The lowest BCUT2D eigenvalue weighted by atomic mass is 10.3. The second-order valence-corrected chi connectivity index (χ2v) is 2.55. The van der Waals surface area contributed by atoms with E-state index >= 15 is 0 Å². The van der Waals surface area contributed by atoms with Gasteiger partial charge in [-0.15, -0.1) is 8.19 Å². The van der Waals surface area contributed by atoms with Gasteiger partial charge in [0.2, 0.25) is 0 Å². The van der Waals surface area contributed by atoms with E-state index in [2.05, 4.69) is 0 Å². The summed E-state index contributed by atoms with van der Waals surface area (Å²) >= 11 is 0. The summed E-state index contributed by atoms with van der Waals surface area (Å²) in [5, 5.41) is 0. The van der Waals surface area contributed by atoms with Gasteiger partial charge in [-0.05, 0) is 17.7 Å². The second kappa shape index (κ2) is 2.07. The van der Waals surface area contributed by atoms with Crippen LogP contribution in [-0.2, 0) is 6.18 Å². The van der Waals surface area contributed by atoms with Crippen molar-refractivity contribution in [2.75, 3.05) is 0 Å². The predicted molar refractivity (Wildman–Crippen MR) is 30.9 cm³/mol. The SMILES string of the molecule is FC(F)(F)c1cc[pH]c1. The molecule has 0 radical (unpaired) electrons. The maximum absolute atomic E-state index is 11.6. The monoisotopic (exact) mass is 152 g/mol. The first-order chi connectivity index (χ1) is 4.11. The number of hydrogen-bond donors (Lipinski definition) is 0. The molecule has 1 aromatic heterocycles. The van der Waals surface area contributed by atoms with Crippen molar-refractivity contribution in [2.45, 2.75) is 6.18 Å². The van der Waals surface area contributed by atoms with Crippen LogP contribution in [0.1, 0.15) is 5.56 Å². The van der Waals surface area contributed by atoms with Crippen LogP contribution in [0.5, 0.6) is 0 Å². The molecule has 1 aromatic rings. The van der Waals surface area contributed by atoms with Crippen molar-refractivity contribution in [2.24, 2.45) is 0 Å². The van der Waals surface area contributed by atoms with Crippen LogP contribution in [-0.4, -0.2) is 0 Å². The van der Waals surface area contributed by atoms with Crippen LogP contribution in [0.15, 0.2) is 17.7 Å². The summed E-state index contributed by atoms with van der Waals surface area (Å²) in [6.45, 7) is 0. The maximum atomic E-state index is 11.6. The summed E-state index contributed by atoms with van der Waals surface area (Å²) in [6, 6.07) is 1.11. The van der Waals surface area contributed by atoms with E-state index in [9.17, 15) is 13.2 Å². The molecular weight excluding hydrogens is 148 g/mol. The third-order valence-electron chi connectivity index (χ3n) is 0.925.